The normalized spacial score (nSPS) is 13.5. The van der Waals surface area contributed by atoms with E-state index in [0.29, 0.717) is 3.92 Å². The van der Waals surface area contributed by atoms with Crippen molar-refractivity contribution in [3.63, 3.8) is 0 Å². The van der Waals surface area contributed by atoms with Crippen molar-refractivity contribution in [2.45, 2.75) is 24.3 Å². The van der Waals surface area contributed by atoms with Crippen molar-refractivity contribution in [2.24, 2.45) is 0 Å². The van der Waals surface area contributed by atoms with Crippen LogP contribution in [0.2, 0.25) is 0 Å². The Balaban J connectivity index is 2.78. The molecule has 0 radical (unpaired) electrons. The lowest BCUT2D eigenvalue weighted by atomic mass is 10.5. The minimum atomic E-state index is 0.345. The molecule has 0 saturated heterocycles. The zero-order chi connectivity index (χ0) is 7.56. The van der Waals surface area contributed by atoms with Gasteiger partial charge in [0.15, 0.2) is 5.82 Å². The molecular formula is C5H9IN4. The van der Waals surface area contributed by atoms with Crippen molar-refractivity contribution >= 4 is 22.6 Å². The van der Waals surface area contributed by atoms with Gasteiger partial charge in [0.25, 0.3) is 0 Å². The van der Waals surface area contributed by atoms with Crippen LogP contribution in [0, 0.1) is 0 Å². The number of hydrogen-bond acceptors (Lipinski definition) is 3. The summed E-state index contributed by atoms with van der Waals surface area (Å²) in [6.45, 7) is 4.82. The standard InChI is InChI=1S/C5H9IN4/c1-3-10-8-5(4(2)6)7-9-10/h4H,3H2,1-2H3. The lowest BCUT2D eigenvalue weighted by Crippen LogP contribution is -1.98. The first kappa shape index (κ1) is 7.90. The molecule has 56 valence electrons. The zero-order valence-electron chi connectivity index (χ0n) is 5.95. The minimum absolute atomic E-state index is 0.345. The Morgan fingerprint density at radius 1 is 1.70 bits per heavy atom. The Morgan fingerprint density at radius 2 is 2.40 bits per heavy atom. The molecule has 0 spiro atoms. The van der Waals surface area contributed by atoms with Gasteiger partial charge in [-0.3, -0.25) is 0 Å². The summed E-state index contributed by atoms with van der Waals surface area (Å²) in [6.07, 6.45) is 0. The maximum atomic E-state index is 4.12. The predicted molar refractivity (Wildman–Crippen MR) is 45.9 cm³/mol. The van der Waals surface area contributed by atoms with E-state index < -0.39 is 0 Å². The highest BCUT2D eigenvalue weighted by molar-refractivity contribution is 14.1. The van der Waals surface area contributed by atoms with Crippen LogP contribution in [0.4, 0.5) is 0 Å². The molecule has 1 aromatic heterocycles. The van der Waals surface area contributed by atoms with Crippen LogP contribution in [0.1, 0.15) is 23.6 Å². The summed E-state index contributed by atoms with van der Waals surface area (Å²) in [6, 6.07) is 0. The maximum absolute atomic E-state index is 4.12. The highest BCUT2D eigenvalue weighted by atomic mass is 127. The van der Waals surface area contributed by atoms with Gasteiger partial charge in [0.1, 0.15) is 0 Å². The first-order valence-electron chi connectivity index (χ1n) is 3.15. The molecule has 1 unspecified atom stereocenters. The highest BCUT2D eigenvalue weighted by Crippen LogP contribution is 2.16. The number of rotatable bonds is 2. The van der Waals surface area contributed by atoms with E-state index in [-0.39, 0.29) is 0 Å². The van der Waals surface area contributed by atoms with E-state index in [2.05, 4.69) is 38.0 Å². The summed E-state index contributed by atoms with van der Waals surface area (Å²) in [5.41, 5.74) is 0. The van der Waals surface area contributed by atoms with E-state index in [1.165, 1.54) is 0 Å². The van der Waals surface area contributed by atoms with E-state index in [0.717, 1.165) is 12.4 Å². The third-order valence-corrected chi connectivity index (χ3v) is 1.66. The van der Waals surface area contributed by atoms with Gasteiger partial charge in [-0.25, -0.2) is 0 Å². The van der Waals surface area contributed by atoms with E-state index in [1.807, 2.05) is 13.8 Å². The van der Waals surface area contributed by atoms with Crippen LogP contribution < -0.4 is 0 Å². The fourth-order valence-electron chi connectivity index (χ4n) is 0.549. The van der Waals surface area contributed by atoms with Gasteiger partial charge < -0.3 is 0 Å². The number of nitrogens with zero attached hydrogens (tertiary/aromatic N) is 4. The largest absolute Gasteiger partial charge is 0.187 e. The first-order chi connectivity index (χ1) is 4.74. The predicted octanol–water partition coefficient (Wildman–Crippen LogP) is 1.19. The number of aromatic nitrogens is 4. The first-order valence-corrected chi connectivity index (χ1v) is 4.40. The lowest BCUT2D eigenvalue weighted by Gasteiger charge is -1.91. The fraction of sp³-hybridized carbons (Fsp3) is 0.800. The third kappa shape index (κ3) is 1.65. The van der Waals surface area contributed by atoms with Gasteiger partial charge in [0.2, 0.25) is 0 Å². The summed E-state index contributed by atoms with van der Waals surface area (Å²) in [7, 11) is 0. The van der Waals surface area contributed by atoms with E-state index in [4.69, 9.17) is 0 Å². The Kier molecular flexibility index (Phi) is 2.58. The van der Waals surface area contributed by atoms with Gasteiger partial charge in [-0.05, 0) is 19.1 Å². The Hall–Kier alpha value is -0.200. The molecule has 1 heterocycles. The average molecular weight is 252 g/mol. The number of aryl methyl sites for hydroxylation is 1. The van der Waals surface area contributed by atoms with Crippen molar-refractivity contribution < 1.29 is 0 Å². The molecule has 5 heteroatoms. The summed E-state index contributed by atoms with van der Waals surface area (Å²) < 4.78 is 0.345. The van der Waals surface area contributed by atoms with Crippen LogP contribution in [-0.2, 0) is 6.54 Å². The molecule has 1 atom stereocenters. The molecule has 0 amide bonds. The van der Waals surface area contributed by atoms with Gasteiger partial charge in [0, 0.05) is 0 Å². The van der Waals surface area contributed by atoms with Crippen LogP contribution in [0.3, 0.4) is 0 Å². The smallest absolute Gasteiger partial charge is 0.164 e. The molecule has 10 heavy (non-hydrogen) atoms. The lowest BCUT2D eigenvalue weighted by molar-refractivity contribution is 0.550. The van der Waals surface area contributed by atoms with Gasteiger partial charge in [-0.1, -0.05) is 22.6 Å². The van der Waals surface area contributed by atoms with Crippen molar-refractivity contribution in [2.75, 3.05) is 0 Å². The molecule has 0 aliphatic carbocycles. The molecular weight excluding hydrogens is 243 g/mol. The van der Waals surface area contributed by atoms with Crippen molar-refractivity contribution in [1.82, 2.24) is 20.2 Å². The fourth-order valence-corrected chi connectivity index (χ4v) is 0.798. The number of hydrogen-bond donors (Lipinski definition) is 0. The molecule has 1 rings (SSSR count). The minimum Gasteiger partial charge on any atom is -0.164 e. The number of alkyl halides is 1. The molecule has 0 fully saturated rings. The highest BCUT2D eigenvalue weighted by Gasteiger charge is 2.06. The molecule has 0 bridgehead atoms. The van der Waals surface area contributed by atoms with Gasteiger partial charge >= 0.3 is 0 Å². The topological polar surface area (TPSA) is 43.6 Å². The monoisotopic (exact) mass is 252 g/mol. The van der Waals surface area contributed by atoms with Crippen LogP contribution in [0.5, 0.6) is 0 Å². The van der Waals surface area contributed by atoms with Crippen molar-refractivity contribution in [3.05, 3.63) is 5.82 Å². The Bertz CT molecular complexity index is 207. The zero-order valence-corrected chi connectivity index (χ0v) is 8.11. The van der Waals surface area contributed by atoms with Crippen molar-refractivity contribution in [3.8, 4) is 0 Å². The third-order valence-electron chi connectivity index (χ3n) is 1.11. The summed E-state index contributed by atoms with van der Waals surface area (Å²) >= 11 is 2.26. The molecule has 0 aliphatic heterocycles. The van der Waals surface area contributed by atoms with Crippen LogP contribution in [0.15, 0.2) is 0 Å². The number of halogens is 1. The molecule has 1 aromatic rings. The summed E-state index contributed by atoms with van der Waals surface area (Å²) in [5.74, 6) is 0.808. The quantitative estimate of drug-likeness (QED) is 0.586. The van der Waals surface area contributed by atoms with Gasteiger partial charge in [-0.2, -0.15) is 4.80 Å². The Labute approximate surface area is 73.1 Å². The second-order valence-corrected chi connectivity index (χ2v) is 3.82. The SMILES string of the molecule is CCn1nnc(C(C)I)n1. The number of tetrazole rings is 1. The van der Waals surface area contributed by atoms with Crippen molar-refractivity contribution in [1.29, 1.82) is 0 Å². The molecule has 0 aliphatic rings. The molecule has 0 saturated carbocycles. The van der Waals surface area contributed by atoms with Crippen LogP contribution in [-0.4, -0.2) is 20.2 Å². The average Bonchev–Trinajstić information content (AvgIpc) is 2.34. The van der Waals surface area contributed by atoms with E-state index in [1.54, 1.807) is 4.80 Å². The van der Waals surface area contributed by atoms with Gasteiger partial charge in [0.05, 0.1) is 10.5 Å². The molecule has 0 N–H and O–H groups in total. The van der Waals surface area contributed by atoms with Crippen LogP contribution >= 0.6 is 22.6 Å². The maximum Gasteiger partial charge on any atom is 0.187 e. The summed E-state index contributed by atoms with van der Waals surface area (Å²) in [5, 5.41) is 11.8. The molecule has 4 nitrogen and oxygen atoms in total. The van der Waals surface area contributed by atoms with E-state index in [9.17, 15) is 0 Å². The second kappa shape index (κ2) is 3.27. The second-order valence-electron chi connectivity index (χ2n) is 1.95. The molecule has 0 aromatic carbocycles. The van der Waals surface area contributed by atoms with E-state index >= 15 is 0 Å². The Morgan fingerprint density at radius 3 is 2.70 bits per heavy atom. The van der Waals surface area contributed by atoms with Gasteiger partial charge in [-0.15, -0.1) is 10.2 Å². The van der Waals surface area contributed by atoms with Crippen LogP contribution in [0.25, 0.3) is 0 Å². The summed E-state index contributed by atoms with van der Waals surface area (Å²) in [4.78, 5) is 1.59.